The topological polar surface area (TPSA) is 44.1 Å². The largest absolute Gasteiger partial charge is 0.435 e. The van der Waals surface area contributed by atoms with E-state index in [0.29, 0.717) is 27.5 Å². The zero-order valence-electron chi connectivity index (χ0n) is 15.5. The maximum Gasteiger partial charge on any atom is 0.387 e. The molecule has 4 nitrogen and oxygen atoms in total. The monoisotopic (exact) mass is 488 g/mol. The minimum atomic E-state index is -2.91. The number of ether oxygens (including phenoxy) is 1. The van der Waals surface area contributed by atoms with Crippen LogP contribution in [-0.2, 0) is 5.75 Å². The molecule has 0 bridgehead atoms. The maximum atomic E-state index is 13.2. The molecule has 0 radical (unpaired) electrons. The van der Waals surface area contributed by atoms with Gasteiger partial charge in [-0.3, -0.25) is 9.36 Å². The molecule has 0 atom stereocenters. The van der Waals surface area contributed by atoms with E-state index in [1.54, 1.807) is 30.3 Å². The molecule has 3 aromatic carbocycles. The third kappa shape index (κ3) is 4.55. The zero-order chi connectivity index (χ0) is 21.1. The highest BCUT2D eigenvalue weighted by Crippen LogP contribution is 2.26. The summed E-state index contributed by atoms with van der Waals surface area (Å²) >= 11 is 4.89. The summed E-state index contributed by atoms with van der Waals surface area (Å²) in [6, 6.07) is 21.0. The van der Waals surface area contributed by atoms with Gasteiger partial charge in [0, 0.05) is 10.2 Å². The van der Waals surface area contributed by atoms with Crippen LogP contribution in [0.2, 0.25) is 0 Å². The van der Waals surface area contributed by atoms with Crippen molar-refractivity contribution in [2.45, 2.75) is 17.5 Å². The Morgan fingerprint density at radius 2 is 1.80 bits per heavy atom. The first-order valence-electron chi connectivity index (χ1n) is 8.95. The summed E-state index contributed by atoms with van der Waals surface area (Å²) in [4.78, 5) is 17.9. The van der Waals surface area contributed by atoms with Gasteiger partial charge in [-0.1, -0.05) is 52.0 Å². The number of halogens is 3. The number of hydrogen-bond donors (Lipinski definition) is 0. The summed E-state index contributed by atoms with van der Waals surface area (Å²) < 4.78 is 31.8. The minimum Gasteiger partial charge on any atom is -0.435 e. The number of rotatable bonds is 6. The summed E-state index contributed by atoms with van der Waals surface area (Å²) in [5.41, 5.74) is 1.98. The van der Waals surface area contributed by atoms with E-state index in [1.165, 1.54) is 28.5 Å². The van der Waals surface area contributed by atoms with Crippen LogP contribution in [0.15, 0.2) is 87.2 Å². The van der Waals surface area contributed by atoms with Crippen molar-refractivity contribution in [3.8, 4) is 11.4 Å². The Morgan fingerprint density at radius 1 is 1.03 bits per heavy atom. The smallest absolute Gasteiger partial charge is 0.387 e. The summed E-state index contributed by atoms with van der Waals surface area (Å²) in [5, 5.41) is 0.999. The summed E-state index contributed by atoms with van der Waals surface area (Å²) in [6.07, 6.45) is 0. The molecule has 0 unspecified atom stereocenters. The molecule has 4 rings (SSSR count). The number of para-hydroxylation sites is 1. The van der Waals surface area contributed by atoms with Gasteiger partial charge in [-0.05, 0) is 54.1 Å². The molecule has 4 aromatic rings. The number of hydrogen-bond acceptors (Lipinski definition) is 4. The van der Waals surface area contributed by atoms with E-state index in [-0.39, 0.29) is 11.3 Å². The van der Waals surface area contributed by atoms with E-state index in [4.69, 9.17) is 0 Å². The van der Waals surface area contributed by atoms with E-state index in [2.05, 4.69) is 25.7 Å². The van der Waals surface area contributed by atoms with Gasteiger partial charge >= 0.3 is 6.61 Å². The molecule has 0 aliphatic carbocycles. The fourth-order valence-corrected chi connectivity index (χ4v) is 4.39. The Morgan fingerprint density at radius 3 is 2.53 bits per heavy atom. The van der Waals surface area contributed by atoms with Crippen LogP contribution in [0.4, 0.5) is 8.78 Å². The number of fused-ring (bicyclic) bond motifs is 1. The van der Waals surface area contributed by atoms with Gasteiger partial charge in [0.2, 0.25) is 0 Å². The van der Waals surface area contributed by atoms with Gasteiger partial charge in [0.15, 0.2) is 5.16 Å². The maximum absolute atomic E-state index is 13.2. The quantitative estimate of drug-likeness (QED) is 0.245. The lowest BCUT2D eigenvalue weighted by atomic mass is 10.2. The Balaban J connectivity index is 1.77. The first kappa shape index (κ1) is 20.6. The lowest BCUT2D eigenvalue weighted by Crippen LogP contribution is -2.21. The van der Waals surface area contributed by atoms with Crippen LogP contribution in [0.5, 0.6) is 5.75 Å². The molecule has 0 fully saturated rings. The van der Waals surface area contributed by atoms with Crippen LogP contribution < -0.4 is 10.3 Å². The van der Waals surface area contributed by atoms with Crippen molar-refractivity contribution < 1.29 is 13.5 Å². The lowest BCUT2D eigenvalue weighted by molar-refractivity contribution is -0.0498. The van der Waals surface area contributed by atoms with Gasteiger partial charge in [-0.25, -0.2) is 4.98 Å². The average molecular weight is 489 g/mol. The number of thioether (sulfide) groups is 1. The summed E-state index contributed by atoms with van der Waals surface area (Å²) in [5.74, 6) is 0.635. The van der Waals surface area contributed by atoms with Crippen molar-refractivity contribution >= 4 is 38.6 Å². The van der Waals surface area contributed by atoms with Crippen molar-refractivity contribution in [3.63, 3.8) is 0 Å². The number of alkyl halides is 2. The predicted molar refractivity (Wildman–Crippen MR) is 118 cm³/mol. The molecule has 0 aliphatic rings. The fourth-order valence-electron chi connectivity index (χ4n) is 2.99. The van der Waals surface area contributed by atoms with E-state index in [0.717, 1.165) is 10.0 Å². The standard InChI is InChI=1S/C22H15BrF2N2O2S/c23-15-5-3-4-14(12-15)13-30-22-26-19-7-2-1-6-18(19)20(28)27(22)16-8-10-17(11-9-16)29-21(24)25/h1-12,21H,13H2. The third-order valence-corrected chi connectivity index (χ3v) is 5.82. The molecule has 1 aromatic heterocycles. The summed E-state index contributed by atoms with van der Waals surface area (Å²) in [7, 11) is 0. The van der Waals surface area contributed by atoms with Crippen LogP contribution in [0.25, 0.3) is 16.6 Å². The van der Waals surface area contributed by atoms with Crippen molar-refractivity contribution in [1.82, 2.24) is 9.55 Å². The second kappa shape index (κ2) is 8.97. The van der Waals surface area contributed by atoms with Crippen molar-refractivity contribution in [1.29, 1.82) is 0 Å². The molecule has 0 amide bonds. The Labute approximate surface area is 183 Å². The van der Waals surface area contributed by atoms with Crippen LogP contribution >= 0.6 is 27.7 Å². The molecule has 152 valence electrons. The molecule has 0 aliphatic heterocycles. The normalized spacial score (nSPS) is 11.2. The predicted octanol–water partition coefficient (Wildman–Crippen LogP) is 6.04. The molecular formula is C22H15BrF2N2O2S. The van der Waals surface area contributed by atoms with Crippen LogP contribution in [0.3, 0.4) is 0 Å². The van der Waals surface area contributed by atoms with Gasteiger partial charge in [0.1, 0.15) is 5.75 Å². The lowest BCUT2D eigenvalue weighted by Gasteiger charge is -2.14. The molecule has 30 heavy (non-hydrogen) atoms. The highest BCUT2D eigenvalue weighted by molar-refractivity contribution is 9.10. The van der Waals surface area contributed by atoms with E-state index in [1.807, 2.05) is 30.3 Å². The highest BCUT2D eigenvalue weighted by atomic mass is 79.9. The molecule has 0 saturated carbocycles. The number of aromatic nitrogens is 2. The Hall–Kier alpha value is -2.71. The van der Waals surface area contributed by atoms with Gasteiger partial charge in [0.05, 0.1) is 16.6 Å². The minimum absolute atomic E-state index is 0.0267. The van der Waals surface area contributed by atoms with Crippen molar-refractivity contribution in [3.05, 3.63) is 93.2 Å². The van der Waals surface area contributed by atoms with E-state index < -0.39 is 6.61 Å². The van der Waals surface area contributed by atoms with Gasteiger partial charge in [-0.2, -0.15) is 8.78 Å². The first-order chi connectivity index (χ1) is 14.5. The van der Waals surface area contributed by atoms with Crippen LogP contribution in [-0.4, -0.2) is 16.2 Å². The Bertz CT molecular complexity index is 1250. The second-order valence-corrected chi connectivity index (χ2v) is 8.20. The average Bonchev–Trinajstić information content (AvgIpc) is 2.73. The molecule has 8 heteroatoms. The van der Waals surface area contributed by atoms with Crippen molar-refractivity contribution in [2.75, 3.05) is 0 Å². The van der Waals surface area contributed by atoms with Gasteiger partial charge < -0.3 is 4.74 Å². The number of nitrogens with zero attached hydrogens (tertiary/aromatic N) is 2. The zero-order valence-corrected chi connectivity index (χ0v) is 17.9. The SMILES string of the molecule is O=c1c2ccccc2nc(SCc2cccc(Br)c2)n1-c1ccc(OC(F)F)cc1. The molecule has 1 heterocycles. The summed E-state index contributed by atoms with van der Waals surface area (Å²) in [6.45, 7) is -2.91. The molecular weight excluding hydrogens is 474 g/mol. The second-order valence-electron chi connectivity index (χ2n) is 6.34. The van der Waals surface area contributed by atoms with E-state index in [9.17, 15) is 13.6 Å². The van der Waals surface area contributed by atoms with Gasteiger partial charge in [0.25, 0.3) is 5.56 Å². The molecule has 0 spiro atoms. The van der Waals surface area contributed by atoms with Gasteiger partial charge in [-0.15, -0.1) is 0 Å². The van der Waals surface area contributed by atoms with E-state index >= 15 is 0 Å². The molecule has 0 saturated heterocycles. The first-order valence-corrected chi connectivity index (χ1v) is 10.7. The Kier molecular flexibility index (Phi) is 6.15. The molecule has 0 N–H and O–H groups in total. The van der Waals surface area contributed by atoms with Crippen molar-refractivity contribution in [2.24, 2.45) is 0 Å². The fraction of sp³-hybridized carbons (Fsp3) is 0.0909. The number of benzene rings is 3. The highest BCUT2D eigenvalue weighted by Gasteiger charge is 2.14. The van der Waals surface area contributed by atoms with Crippen LogP contribution in [0.1, 0.15) is 5.56 Å². The third-order valence-electron chi connectivity index (χ3n) is 4.32. The van der Waals surface area contributed by atoms with Crippen LogP contribution in [0, 0.1) is 0 Å².